The van der Waals surface area contributed by atoms with Crippen LogP contribution in [-0.2, 0) is 14.8 Å². The molecule has 0 heterocycles. The number of ether oxygens (including phenoxy) is 1. The molecule has 6 heteroatoms. The maximum absolute atomic E-state index is 11.9. The molecule has 0 bridgehead atoms. The smallest absolute Gasteiger partial charge is 0.244 e. The summed E-state index contributed by atoms with van der Waals surface area (Å²) >= 11 is 0. The number of sulfonamides is 1. The summed E-state index contributed by atoms with van der Waals surface area (Å²) in [6.45, 7) is 5.33. The Kier molecular flexibility index (Phi) is 6.27. The fourth-order valence-corrected chi connectivity index (χ4v) is 2.54. The summed E-state index contributed by atoms with van der Waals surface area (Å²) in [5.74, 6) is 0.314. The fourth-order valence-electron chi connectivity index (χ4n) is 1.43. The van der Waals surface area contributed by atoms with Crippen LogP contribution in [0.25, 0.3) is 0 Å². The van der Waals surface area contributed by atoms with E-state index in [1.54, 1.807) is 12.1 Å². The molecule has 0 atom stereocenters. The van der Waals surface area contributed by atoms with E-state index in [1.807, 2.05) is 0 Å². The molecule has 0 radical (unpaired) electrons. The van der Waals surface area contributed by atoms with Gasteiger partial charge in [0.2, 0.25) is 10.0 Å². The highest BCUT2D eigenvalue weighted by Gasteiger charge is 2.16. The maximum Gasteiger partial charge on any atom is 0.244 e. The van der Waals surface area contributed by atoms with Crippen LogP contribution in [0.5, 0.6) is 5.75 Å². The van der Waals surface area contributed by atoms with Crippen LogP contribution in [0, 0.1) is 5.92 Å². The molecule has 108 valence electrons. The third-order valence-electron chi connectivity index (χ3n) is 2.53. The SMILES string of the molecule is CC(C)CCOCCNS(=O)(=O)c1ccccc1O. The van der Waals surface area contributed by atoms with Crippen molar-refractivity contribution in [1.29, 1.82) is 0 Å². The summed E-state index contributed by atoms with van der Waals surface area (Å²) in [6.07, 6.45) is 0.951. The van der Waals surface area contributed by atoms with E-state index in [9.17, 15) is 13.5 Å². The minimum Gasteiger partial charge on any atom is -0.507 e. The molecular formula is C13H21NO4S. The number of aromatic hydroxyl groups is 1. The standard InChI is InChI=1S/C13H21NO4S/c1-11(2)7-9-18-10-8-14-19(16,17)13-6-4-3-5-12(13)15/h3-6,11,14-15H,7-10H2,1-2H3. The molecule has 0 amide bonds. The lowest BCUT2D eigenvalue weighted by atomic mass is 10.1. The van der Waals surface area contributed by atoms with E-state index in [2.05, 4.69) is 18.6 Å². The van der Waals surface area contributed by atoms with E-state index in [0.29, 0.717) is 19.1 Å². The van der Waals surface area contributed by atoms with E-state index < -0.39 is 10.0 Å². The van der Waals surface area contributed by atoms with E-state index in [0.717, 1.165) is 6.42 Å². The Bertz CT molecular complexity index is 485. The van der Waals surface area contributed by atoms with Crippen LogP contribution in [0.4, 0.5) is 0 Å². The quantitative estimate of drug-likeness (QED) is 0.714. The Morgan fingerprint density at radius 2 is 1.95 bits per heavy atom. The highest BCUT2D eigenvalue weighted by molar-refractivity contribution is 7.89. The van der Waals surface area contributed by atoms with Crippen molar-refractivity contribution in [3.8, 4) is 5.75 Å². The Balaban J connectivity index is 2.38. The number of phenols is 1. The first-order valence-electron chi connectivity index (χ1n) is 6.29. The summed E-state index contributed by atoms with van der Waals surface area (Å²) in [6, 6.07) is 5.84. The summed E-state index contributed by atoms with van der Waals surface area (Å²) < 4.78 is 31.4. The molecule has 5 nitrogen and oxygen atoms in total. The first-order valence-corrected chi connectivity index (χ1v) is 7.77. The molecule has 0 unspecified atom stereocenters. The van der Waals surface area contributed by atoms with Gasteiger partial charge in [0.25, 0.3) is 0 Å². The zero-order valence-corrected chi connectivity index (χ0v) is 12.1. The lowest BCUT2D eigenvalue weighted by Crippen LogP contribution is -2.27. The Hall–Kier alpha value is -1.11. The third kappa shape index (κ3) is 5.59. The molecule has 0 aromatic heterocycles. The van der Waals surface area contributed by atoms with Crippen molar-refractivity contribution in [1.82, 2.24) is 4.72 Å². The van der Waals surface area contributed by atoms with Crippen molar-refractivity contribution in [2.75, 3.05) is 19.8 Å². The second kappa shape index (κ2) is 7.47. The first kappa shape index (κ1) is 15.9. The average molecular weight is 287 g/mol. The fraction of sp³-hybridized carbons (Fsp3) is 0.538. The van der Waals surface area contributed by atoms with Gasteiger partial charge < -0.3 is 9.84 Å². The van der Waals surface area contributed by atoms with Gasteiger partial charge in [-0.15, -0.1) is 0 Å². The molecule has 0 fully saturated rings. The van der Waals surface area contributed by atoms with Gasteiger partial charge in [0.05, 0.1) is 6.61 Å². The lowest BCUT2D eigenvalue weighted by molar-refractivity contribution is 0.128. The van der Waals surface area contributed by atoms with Gasteiger partial charge in [-0.25, -0.2) is 13.1 Å². The van der Waals surface area contributed by atoms with Gasteiger partial charge in [0.1, 0.15) is 10.6 Å². The summed E-state index contributed by atoms with van der Waals surface area (Å²) in [5.41, 5.74) is 0. The number of para-hydroxylation sites is 1. The molecule has 1 aromatic rings. The van der Waals surface area contributed by atoms with Crippen LogP contribution in [0.1, 0.15) is 20.3 Å². The molecule has 0 spiro atoms. The van der Waals surface area contributed by atoms with Crippen LogP contribution in [0.3, 0.4) is 0 Å². The van der Waals surface area contributed by atoms with Crippen LogP contribution >= 0.6 is 0 Å². The van der Waals surface area contributed by atoms with E-state index in [4.69, 9.17) is 4.74 Å². The summed E-state index contributed by atoms with van der Waals surface area (Å²) in [7, 11) is -3.67. The number of hydrogen-bond donors (Lipinski definition) is 2. The van der Waals surface area contributed by atoms with Crippen LogP contribution in [0.2, 0.25) is 0 Å². The molecule has 2 N–H and O–H groups in total. The molecule has 1 rings (SSSR count). The molecule has 0 aliphatic heterocycles. The van der Waals surface area contributed by atoms with Crippen molar-refractivity contribution < 1.29 is 18.3 Å². The van der Waals surface area contributed by atoms with Gasteiger partial charge in [-0.2, -0.15) is 0 Å². The molecular weight excluding hydrogens is 266 g/mol. The summed E-state index contributed by atoms with van der Waals surface area (Å²) in [4.78, 5) is -0.114. The predicted octanol–water partition coefficient (Wildman–Crippen LogP) is 1.73. The van der Waals surface area contributed by atoms with Crippen molar-refractivity contribution in [3.63, 3.8) is 0 Å². The van der Waals surface area contributed by atoms with Gasteiger partial charge in [-0.3, -0.25) is 0 Å². The lowest BCUT2D eigenvalue weighted by Gasteiger charge is -2.09. The predicted molar refractivity (Wildman–Crippen MR) is 73.6 cm³/mol. The van der Waals surface area contributed by atoms with Crippen LogP contribution in [-0.4, -0.2) is 33.3 Å². The van der Waals surface area contributed by atoms with Gasteiger partial charge in [0, 0.05) is 13.2 Å². The highest BCUT2D eigenvalue weighted by Crippen LogP contribution is 2.20. The Labute approximate surface area is 114 Å². The second-order valence-corrected chi connectivity index (χ2v) is 6.40. The minimum atomic E-state index is -3.67. The Morgan fingerprint density at radius 1 is 1.26 bits per heavy atom. The monoisotopic (exact) mass is 287 g/mol. The van der Waals surface area contributed by atoms with Gasteiger partial charge in [0.15, 0.2) is 0 Å². The topological polar surface area (TPSA) is 75.6 Å². The van der Waals surface area contributed by atoms with Crippen molar-refractivity contribution in [2.45, 2.75) is 25.2 Å². The summed E-state index contributed by atoms with van der Waals surface area (Å²) in [5, 5.41) is 9.50. The van der Waals surface area contributed by atoms with Gasteiger partial charge in [-0.1, -0.05) is 26.0 Å². The molecule has 19 heavy (non-hydrogen) atoms. The zero-order valence-electron chi connectivity index (χ0n) is 11.3. The largest absolute Gasteiger partial charge is 0.507 e. The molecule has 0 aliphatic carbocycles. The normalized spacial score (nSPS) is 11.9. The number of nitrogens with one attached hydrogen (secondary N) is 1. The molecule has 1 aromatic carbocycles. The van der Waals surface area contributed by atoms with Crippen molar-refractivity contribution in [3.05, 3.63) is 24.3 Å². The van der Waals surface area contributed by atoms with Crippen molar-refractivity contribution in [2.24, 2.45) is 5.92 Å². The van der Waals surface area contributed by atoms with E-state index >= 15 is 0 Å². The van der Waals surface area contributed by atoms with E-state index in [1.165, 1.54) is 12.1 Å². The zero-order chi connectivity index (χ0) is 14.3. The first-order chi connectivity index (χ1) is 8.93. The van der Waals surface area contributed by atoms with Crippen molar-refractivity contribution >= 4 is 10.0 Å². The van der Waals surface area contributed by atoms with Gasteiger partial charge >= 0.3 is 0 Å². The highest BCUT2D eigenvalue weighted by atomic mass is 32.2. The van der Waals surface area contributed by atoms with Crippen LogP contribution in [0.15, 0.2) is 29.2 Å². The van der Waals surface area contributed by atoms with Crippen LogP contribution < -0.4 is 4.72 Å². The Morgan fingerprint density at radius 3 is 2.58 bits per heavy atom. The third-order valence-corrected chi connectivity index (χ3v) is 4.04. The van der Waals surface area contributed by atoms with Gasteiger partial charge in [-0.05, 0) is 24.5 Å². The number of hydrogen-bond acceptors (Lipinski definition) is 4. The molecule has 0 aliphatic rings. The number of benzene rings is 1. The molecule has 0 saturated carbocycles. The molecule has 0 saturated heterocycles. The van der Waals surface area contributed by atoms with E-state index in [-0.39, 0.29) is 17.2 Å². The number of rotatable bonds is 8. The average Bonchev–Trinajstić information content (AvgIpc) is 2.33. The number of phenolic OH excluding ortho intramolecular Hbond substituents is 1. The maximum atomic E-state index is 11.9. The second-order valence-electron chi connectivity index (χ2n) is 4.66. The minimum absolute atomic E-state index is 0.114.